The third-order valence-corrected chi connectivity index (χ3v) is 5.28. The lowest BCUT2D eigenvalue weighted by atomic mass is 9.91. The second-order valence-electron chi connectivity index (χ2n) is 7.09. The van der Waals surface area contributed by atoms with Gasteiger partial charge < -0.3 is 15.1 Å². The van der Waals surface area contributed by atoms with Crippen molar-refractivity contribution in [2.24, 2.45) is 0 Å². The molecule has 7 nitrogen and oxygen atoms in total. The summed E-state index contributed by atoms with van der Waals surface area (Å²) in [6, 6.07) is 9.73. The molecule has 0 unspecified atom stereocenters. The van der Waals surface area contributed by atoms with E-state index in [1.807, 2.05) is 35.0 Å². The van der Waals surface area contributed by atoms with E-state index in [1.54, 1.807) is 11.1 Å². The van der Waals surface area contributed by atoms with E-state index in [0.29, 0.717) is 11.5 Å². The van der Waals surface area contributed by atoms with Crippen LogP contribution in [0.15, 0.2) is 36.5 Å². The molecule has 1 saturated carbocycles. The van der Waals surface area contributed by atoms with Crippen LogP contribution in [0.2, 0.25) is 0 Å². The third-order valence-electron chi connectivity index (χ3n) is 5.28. The molecule has 26 heavy (non-hydrogen) atoms. The van der Waals surface area contributed by atoms with Gasteiger partial charge in [0.05, 0.1) is 23.1 Å². The van der Waals surface area contributed by atoms with Gasteiger partial charge in [-0.05, 0) is 25.0 Å². The molecule has 1 aliphatic heterocycles. The normalized spacial score (nSPS) is 19.3. The monoisotopic (exact) mass is 355 g/mol. The van der Waals surface area contributed by atoms with Crippen LogP contribution in [0.4, 0.5) is 0 Å². The molecule has 0 radical (unpaired) electrons. The summed E-state index contributed by atoms with van der Waals surface area (Å²) in [6.45, 7) is 0.449. The Kier molecular flexibility index (Phi) is 4.03. The summed E-state index contributed by atoms with van der Waals surface area (Å²) in [6.07, 6.45) is 3.77. The second-order valence-corrected chi connectivity index (χ2v) is 7.09. The lowest BCUT2D eigenvalue weighted by Crippen LogP contribution is -2.50. The van der Waals surface area contributed by atoms with Gasteiger partial charge >= 0.3 is 5.97 Å². The number of likely N-dealkylation sites (tertiary alicyclic amines) is 1. The van der Waals surface area contributed by atoms with Gasteiger partial charge in [-0.2, -0.15) is 5.10 Å². The quantitative estimate of drug-likeness (QED) is 0.872. The van der Waals surface area contributed by atoms with E-state index < -0.39 is 11.6 Å². The summed E-state index contributed by atoms with van der Waals surface area (Å²) in [7, 11) is 0. The van der Waals surface area contributed by atoms with Crippen molar-refractivity contribution in [3.05, 3.63) is 47.8 Å². The first-order valence-electron chi connectivity index (χ1n) is 8.88. The minimum atomic E-state index is -1.73. The molecule has 2 N–H and O–H groups in total. The number of aromatic nitrogens is 2. The smallest absolute Gasteiger partial charge is 0.335 e. The van der Waals surface area contributed by atoms with E-state index in [4.69, 9.17) is 5.11 Å². The van der Waals surface area contributed by atoms with Crippen molar-refractivity contribution in [2.45, 2.75) is 37.2 Å². The van der Waals surface area contributed by atoms with Crippen LogP contribution in [0.1, 0.15) is 47.7 Å². The highest BCUT2D eigenvalue weighted by Crippen LogP contribution is 2.43. The van der Waals surface area contributed by atoms with Gasteiger partial charge in [-0.25, -0.2) is 9.48 Å². The van der Waals surface area contributed by atoms with Gasteiger partial charge in [-0.3, -0.25) is 4.79 Å². The Morgan fingerprint density at radius 1 is 1.12 bits per heavy atom. The Morgan fingerprint density at radius 2 is 1.77 bits per heavy atom. The Morgan fingerprint density at radius 3 is 2.35 bits per heavy atom. The zero-order valence-electron chi connectivity index (χ0n) is 14.3. The molecule has 2 aromatic rings. The topological polar surface area (TPSA) is 95.7 Å². The summed E-state index contributed by atoms with van der Waals surface area (Å²) < 4.78 is 1.84. The van der Waals surface area contributed by atoms with E-state index in [-0.39, 0.29) is 31.8 Å². The minimum Gasteiger partial charge on any atom is -0.479 e. The van der Waals surface area contributed by atoms with E-state index >= 15 is 0 Å². The highest BCUT2D eigenvalue weighted by atomic mass is 16.4. The average Bonchev–Trinajstić information content (AvgIpc) is 3.40. The first-order chi connectivity index (χ1) is 12.5. The summed E-state index contributed by atoms with van der Waals surface area (Å²) in [5, 5.41) is 23.6. The van der Waals surface area contributed by atoms with Crippen LogP contribution < -0.4 is 0 Å². The minimum absolute atomic E-state index is 0.0413. The number of carbonyl (C=O) groups is 2. The fourth-order valence-corrected chi connectivity index (χ4v) is 3.51. The zero-order chi connectivity index (χ0) is 18.3. The Hall–Kier alpha value is -2.67. The molecule has 0 atom stereocenters. The molecule has 4 rings (SSSR count). The van der Waals surface area contributed by atoms with Crippen molar-refractivity contribution in [2.75, 3.05) is 13.1 Å². The molecule has 1 aromatic carbocycles. The van der Waals surface area contributed by atoms with E-state index in [9.17, 15) is 14.7 Å². The van der Waals surface area contributed by atoms with Gasteiger partial charge in [0.15, 0.2) is 5.60 Å². The number of hydrogen-bond donors (Lipinski definition) is 2. The molecule has 0 spiro atoms. The number of hydrogen-bond acceptors (Lipinski definition) is 4. The number of rotatable bonds is 4. The predicted octanol–water partition coefficient (Wildman–Crippen LogP) is 1.80. The number of nitrogens with zero attached hydrogens (tertiary/aromatic N) is 3. The number of carboxylic acid groups (broad SMARTS) is 1. The molecule has 7 heteroatoms. The number of amides is 1. The molecule has 1 aliphatic carbocycles. The molecule has 0 bridgehead atoms. The Bertz CT molecular complexity index is 834. The third kappa shape index (κ3) is 2.88. The summed E-state index contributed by atoms with van der Waals surface area (Å²) in [5.41, 5.74) is 0.703. The molecule has 1 saturated heterocycles. The van der Waals surface area contributed by atoms with Crippen molar-refractivity contribution in [1.82, 2.24) is 14.7 Å². The standard InChI is InChI=1S/C19H21N3O4/c23-17(21-10-8-19(26,9-11-21)18(24)25)15-12-20-22(16(15)13-6-7-13)14-4-2-1-3-5-14/h1-5,12-13,26H,6-11H2,(H,24,25). The SMILES string of the molecule is O=C(c1cnn(-c2ccccc2)c1C1CC1)N1CCC(O)(C(=O)O)CC1. The number of aliphatic hydroxyl groups is 1. The fraction of sp³-hybridized carbons (Fsp3) is 0.421. The van der Waals surface area contributed by atoms with E-state index in [2.05, 4.69) is 5.10 Å². The first kappa shape index (κ1) is 16.8. The molecular formula is C19H21N3O4. The zero-order valence-corrected chi connectivity index (χ0v) is 14.3. The maximum absolute atomic E-state index is 13.0. The summed E-state index contributed by atoms with van der Waals surface area (Å²) in [5.74, 6) is -1.03. The van der Waals surface area contributed by atoms with Gasteiger partial charge in [0.1, 0.15) is 0 Å². The van der Waals surface area contributed by atoms with Crippen LogP contribution in [0, 0.1) is 0 Å². The lowest BCUT2D eigenvalue weighted by molar-refractivity contribution is -0.162. The number of carboxylic acids is 1. The molecule has 2 aliphatic rings. The molecule has 2 heterocycles. The largest absolute Gasteiger partial charge is 0.479 e. The maximum atomic E-state index is 13.0. The van der Waals surface area contributed by atoms with Crippen molar-refractivity contribution < 1.29 is 19.8 Å². The van der Waals surface area contributed by atoms with Crippen molar-refractivity contribution in [3.8, 4) is 5.69 Å². The Balaban J connectivity index is 1.60. The summed E-state index contributed by atoms with van der Waals surface area (Å²) in [4.78, 5) is 25.8. The van der Waals surface area contributed by atoms with Crippen molar-refractivity contribution in [3.63, 3.8) is 0 Å². The highest BCUT2D eigenvalue weighted by molar-refractivity contribution is 5.96. The number of para-hydroxylation sites is 1. The number of carbonyl (C=O) groups excluding carboxylic acids is 1. The van der Waals surface area contributed by atoms with Gasteiger partial charge in [-0.1, -0.05) is 18.2 Å². The first-order valence-corrected chi connectivity index (χ1v) is 8.88. The lowest BCUT2D eigenvalue weighted by Gasteiger charge is -2.35. The summed E-state index contributed by atoms with van der Waals surface area (Å²) >= 11 is 0. The number of benzene rings is 1. The molecule has 1 amide bonds. The second kappa shape index (κ2) is 6.25. The molecular weight excluding hydrogens is 334 g/mol. The van der Waals surface area contributed by atoms with Crippen LogP contribution in [0.3, 0.4) is 0 Å². The van der Waals surface area contributed by atoms with E-state index in [0.717, 1.165) is 24.2 Å². The molecule has 1 aromatic heterocycles. The van der Waals surface area contributed by atoms with Gasteiger partial charge in [0.25, 0.3) is 5.91 Å². The predicted molar refractivity (Wildman–Crippen MR) is 93.3 cm³/mol. The van der Waals surface area contributed by atoms with Gasteiger partial charge in [-0.15, -0.1) is 0 Å². The molecule has 136 valence electrons. The van der Waals surface area contributed by atoms with Crippen LogP contribution in [0.5, 0.6) is 0 Å². The average molecular weight is 355 g/mol. The highest BCUT2D eigenvalue weighted by Gasteiger charge is 2.41. The number of aliphatic carboxylic acids is 1. The van der Waals surface area contributed by atoms with Crippen LogP contribution in [0.25, 0.3) is 5.69 Å². The number of piperidine rings is 1. The van der Waals surface area contributed by atoms with Crippen molar-refractivity contribution in [1.29, 1.82) is 0 Å². The van der Waals surface area contributed by atoms with E-state index in [1.165, 1.54) is 0 Å². The van der Waals surface area contributed by atoms with Crippen LogP contribution in [-0.2, 0) is 4.79 Å². The maximum Gasteiger partial charge on any atom is 0.335 e. The Labute approximate surface area is 150 Å². The molecule has 2 fully saturated rings. The van der Waals surface area contributed by atoms with Crippen LogP contribution in [-0.4, -0.2) is 55.5 Å². The van der Waals surface area contributed by atoms with Gasteiger partial charge in [0.2, 0.25) is 0 Å². The fourth-order valence-electron chi connectivity index (χ4n) is 3.51. The van der Waals surface area contributed by atoms with Crippen molar-refractivity contribution >= 4 is 11.9 Å². The van der Waals surface area contributed by atoms with Crippen LogP contribution >= 0.6 is 0 Å². The van der Waals surface area contributed by atoms with Gasteiger partial charge in [0, 0.05) is 31.8 Å².